The van der Waals surface area contributed by atoms with Crippen LogP contribution in [0.15, 0.2) is 0 Å². The van der Waals surface area contributed by atoms with Gasteiger partial charge in [0.1, 0.15) is 0 Å². The van der Waals surface area contributed by atoms with Gasteiger partial charge in [0.15, 0.2) is 0 Å². The van der Waals surface area contributed by atoms with Crippen LogP contribution in [0.5, 0.6) is 0 Å². The van der Waals surface area contributed by atoms with Gasteiger partial charge in [-0.3, -0.25) is 4.79 Å². The van der Waals surface area contributed by atoms with Gasteiger partial charge in [-0.15, -0.1) is 0 Å². The van der Waals surface area contributed by atoms with Crippen LogP contribution in [0, 0.1) is 46.3 Å². The molecule has 3 unspecified atom stereocenters. The fourth-order valence-electron chi connectivity index (χ4n) is 9.22. The molecule has 0 aromatic heterocycles. The molecule has 196 valence electrons. The quantitative estimate of drug-likeness (QED) is 0.321. The number of rotatable bonds is 7. The van der Waals surface area contributed by atoms with Crippen molar-refractivity contribution in [3.63, 3.8) is 0 Å². The number of aliphatic hydroxyl groups is 2. The molecule has 0 heterocycles. The van der Waals surface area contributed by atoms with Gasteiger partial charge in [0, 0.05) is 13.0 Å². The molecule has 7 nitrogen and oxygen atoms in total. The molecule has 3 N–H and O–H groups in total. The van der Waals surface area contributed by atoms with E-state index < -0.39 is 15.9 Å². The Hall–Kier alpha value is 0.300. The molecule has 4 rings (SSSR count). The minimum absolute atomic E-state index is 0. The van der Waals surface area contributed by atoms with Crippen LogP contribution >= 0.6 is 0 Å². The summed E-state index contributed by atoms with van der Waals surface area (Å²) in [5, 5.41) is 24.0. The van der Waals surface area contributed by atoms with Gasteiger partial charge in [-0.25, -0.2) is 8.42 Å². The minimum atomic E-state index is -4.31. The summed E-state index contributed by atoms with van der Waals surface area (Å²) in [5.41, 5.74) is 0.354. The Morgan fingerprint density at radius 1 is 1.03 bits per heavy atom. The van der Waals surface area contributed by atoms with Gasteiger partial charge >= 0.3 is 29.6 Å². The van der Waals surface area contributed by atoms with E-state index in [9.17, 15) is 28.0 Å². The van der Waals surface area contributed by atoms with Gasteiger partial charge in [0.25, 0.3) is 0 Å². The standard InChI is InChI=1S/C26H45NO6S.Na/c1-16(4-7-24(30)27-12-13-34(31,32)33)19-5-6-20-18-15-23(29)22-14-17(28)8-10-26(22,3)21(18)9-11-25(19,20)2;/h16-23,28-29H,4-15H2,1-3H3,(H,27,30)(H,31,32,33);/q;+1/p-1/t16?,17?,18-,19+,20+,21+,22-,23?,25-,26-;/m1./s1. The third kappa shape index (κ3) is 5.99. The Bertz CT molecular complexity index is 870. The first-order valence-corrected chi connectivity index (χ1v) is 15.0. The second-order valence-corrected chi connectivity index (χ2v) is 14.1. The zero-order valence-electron chi connectivity index (χ0n) is 22.0. The fraction of sp³-hybridized carbons (Fsp3) is 0.962. The van der Waals surface area contributed by atoms with Crippen LogP contribution in [-0.4, -0.2) is 53.6 Å². The van der Waals surface area contributed by atoms with E-state index in [1.807, 2.05) is 0 Å². The second kappa shape index (κ2) is 11.2. The molecular formula is C26H44NNaO6S. The third-order valence-corrected chi connectivity index (χ3v) is 11.6. The number of hydrogen-bond acceptors (Lipinski definition) is 6. The first kappa shape index (κ1) is 29.9. The minimum Gasteiger partial charge on any atom is -0.748 e. The maximum atomic E-state index is 12.2. The normalized spacial score (nSPS) is 43.8. The average Bonchev–Trinajstić information content (AvgIpc) is 3.10. The van der Waals surface area contributed by atoms with Crippen LogP contribution in [0.1, 0.15) is 85.0 Å². The molecule has 0 aromatic carbocycles. The van der Waals surface area contributed by atoms with Crippen molar-refractivity contribution < 1.29 is 57.5 Å². The Morgan fingerprint density at radius 2 is 1.69 bits per heavy atom. The van der Waals surface area contributed by atoms with E-state index in [0.29, 0.717) is 36.0 Å². The van der Waals surface area contributed by atoms with Gasteiger partial charge in [-0.05, 0) is 104 Å². The summed E-state index contributed by atoms with van der Waals surface area (Å²) in [6.07, 6.45) is 8.75. The van der Waals surface area contributed by atoms with Crippen molar-refractivity contribution in [2.75, 3.05) is 12.3 Å². The van der Waals surface area contributed by atoms with Crippen molar-refractivity contribution in [1.82, 2.24) is 5.32 Å². The van der Waals surface area contributed by atoms with E-state index in [4.69, 9.17) is 0 Å². The number of aliphatic hydroxyl groups excluding tert-OH is 2. The van der Waals surface area contributed by atoms with E-state index in [2.05, 4.69) is 26.1 Å². The Balaban J connectivity index is 0.00000342. The SMILES string of the molecule is CC(CCC(=O)NCCS(=O)(=O)[O-])[C@@H]1CC[C@H]2[C@H]3CC(O)[C@H]4CC(O)CC[C@]4(C)[C@H]3CC[C@]12C.[Na+]. The monoisotopic (exact) mass is 521 g/mol. The maximum absolute atomic E-state index is 12.2. The van der Waals surface area contributed by atoms with Crippen molar-refractivity contribution >= 4 is 16.0 Å². The van der Waals surface area contributed by atoms with Gasteiger partial charge < -0.3 is 20.1 Å². The predicted molar refractivity (Wildman–Crippen MR) is 129 cm³/mol. The van der Waals surface area contributed by atoms with E-state index >= 15 is 0 Å². The van der Waals surface area contributed by atoms with Crippen molar-refractivity contribution in [2.24, 2.45) is 46.3 Å². The third-order valence-electron chi connectivity index (χ3n) is 10.9. The summed E-state index contributed by atoms with van der Waals surface area (Å²) in [4.78, 5) is 12.2. The zero-order valence-corrected chi connectivity index (χ0v) is 24.9. The molecule has 9 heteroatoms. The smallest absolute Gasteiger partial charge is 0.748 e. The molecule has 4 aliphatic rings. The predicted octanol–water partition coefficient (Wildman–Crippen LogP) is 0.0587. The molecular weight excluding hydrogens is 477 g/mol. The molecule has 4 saturated carbocycles. The van der Waals surface area contributed by atoms with Crippen LogP contribution in [-0.2, 0) is 14.9 Å². The summed E-state index contributed by atoms with van der Waals surface area (Å²) in [5.74, 6) is 2.17. The van der Waals surface area contributed by atoms with Crippen LogP contribution in [0.2, 0.25) is 0 Å². The molecule has 4 aliphatic carbocycles. The summed E-state index contributed by atoms with van der Waals surface area (Å²) in [7, 11) is -4.31. The molecule has 0 spiro atoms. The van der Waals surface area contributed by atoms with Crippen molar-refractivity contribution in [2.45, 2.75) is 97.2 Å². The number of fused-ring (bicyclic) bond motifs is 5. The molecule has 0 aliphatic heterocycles. The number of nitrogens with one attached hydrogen (secondary N) is 1. The molecule has 0 saturated heterocycles. The van der Waals surface area contributed by atoms with Gasteiger partial charge in [0.05, 0.1) is 28.1 Å². The topological polar surface area (TPSA) is 127 Å². The van der Waals surface area contributed by atoms with Crippen molar-refractivity contribution in [3.8, 4) is 0 Å². The Morgan fingerprint density at radius 3 is 2.37 bits per heavy atom. The average molecular weight is 522 g/mol. The molecule has 35 heavy (non-hydrogen) atoms. The van der Waals surface area contributed by atoms with Crippen LogP contribution in [0.25, 0.3) is 0 Å². The molecule has 0 radical (unpaired) electrons. The van der Waals surface area contributed by atoms with Gasteiger partial charge in [-0.1, -0.05) is 20.8 Å². The van der Waals surface area contributed by atoms with Crippen LogP contribution < -0.4 is 34.9 Å². The molecule has 0 bridgehead atoms. The molecule has 0 aromatic rings. The summed E-state index contributed by atoms with van der Waals surface area (Å²) in [6.45, 7) is 6.96. The van der Waals surface area contributed by atoms with E-state index in [0.717, 1.165) is 38.5 Å². The maximum Gasteiger partial charge on any atom is 1.00 e. The van der Waals surface area contributed by atoms with E-state index in [-0.39, 0.29) is 71.0 Å². The van der Waals surface area contributed by atoms with Crippen LogP contribution in [0.3, 0.4) is 0 Å². The zero-order chi connectivity index (χ0) is 24.9. The van der Waals surface area contributed by atoms with Crippen molar-refractivity contribution in [3.05, 3.63) is 0 Å². The van der Waals surface area contributed by atoms with Gasteiger partial charge in [-0.2, -0.15) is 0 Å². The molecule has 10 atom stereocenters. The summed E-state index contributed by atoms with van der Waals surface area (Å²) >= 11 is 0. The number of carbonyl (C=O) groups excluding carboxylic acids is 1. The van der Waals surface area contributed by atoms with Crippen LogP contribution in [0.4, 0.5) is 0 Å². The second-order valence-electron chi connectivity index (χ2n) is 12.6. The number of hydrogen-bond donors (Lipinski definition) is 3. The fourth-order valence-corrected chi connectivity index (χ4v) is 9.57. The van der Waals surface area contributed by atoms with E-state index in [1.54, 1.807) is 0 Å². The molecule has 1 amide bonds. The van der Waals surface area contributed by atoms with E-state index in [1.165, 1.54) is 19.3 Å². The first-order chi connectivity index (χ1) is 15.8. The number of amides is 1. The Kier molecular flexibility index (Phi) is 9.54. The molecule has 4 fully saturated rings. The van der Waals surface area contributed by atoms with Gasteiger partial charge in [0.2, 0.25) is 5.91 Å². The summed E-state index contributed by atoms with van der Waals surface area (Å²) in [6, 6.07) is 0. The largest absolute Gasteiger partial charge is 1.00 e. The first-order valence-electron chi connectivity index (χ1n) is 13.4. The Labute approximate surface area is 233 Å². The van der Waals surface area contributed by atoms with Crippen molar-refractivity contribution in [1.29, 1.82) is 0 Å². The summed E-state index contributed by atoms with van der Waals surface area (Å²) < 4.78 is 32.2. The number of carbonyl (C=O) groups is 1.